The number of rotatable bonds is 3. The van der Waals surface area contributed by atoms with Crippen molar-refractivity contribution in [1.82, 2.24) is 0 Å². The van der Waals surface area contributed by atoms with E-state index in [9.17, 15) is 0 Å². The second-order valence-electron chi connectivity index (χ2n) is 11.9. The highest BCUT2D eigenvalue weighted by atomic mass is 28.3. The molecule has 0 amide bonds. The predicted octanol–water partition coefficient (Wildman–Crippen LogP) is 8.49. The first kappa shape index (κ1) is 21.6. The van der Waals surface area contributed by atoms with Crippen molar-refractivity contribution < 1.29 is 0 Å². The van der Waals surface area contributed by atoms with E-state index >= 15 is 0 Å². The molecule has 0 fully saturated rings. The second kappa shape index (κ2) is 7.27. The fourth-order valence-corrected chi connectivity index (χ4v) is 9.08. The molecule has 0 radical (unpaired) electrons. The van der Waals surface area contributed by atoms with E-state index in [0.717, 1.165) is 0 Å². The van der Waals surface area contributed by atoms with E-state index in [1.54, 1.807) is 10.4 Å². The molecule has 0 bridgehead atoms. The summed E-state index contributed by atoms with van der Waals surface area (Å²) in [5.74, 6) is 0. The molecule has 34 heavy (non-hydrogen) atoms. The lowest BCUT2D eigenvalue weighted by molar-refractivity contribution is 1.69. The van der Waals surface area contributed by atoms with Gasteiger partial charge in [0.15, 0.2) is 0 Å². The van der Waals surface area contributed by atoms with E-state index in [1.165, 1.54) is 54.2 Å². The molecule has 0 spiro atoms. The van der Waals surface area contributed by atoms with Gasteiger partial charge in [-0.05, 0) is 60.3 Å². The number of hydrogen-bond donors (Lipinski definition) is 0. The van der Waals surface area contributed by atoms with Gasteiger partial charge in [0.1, 0.15) is 0 Å². The molecule has 0 aromatic heterocycles. The van der Waals surface area contributed by atoms with Gasteiger partial charge in [-0.2, -0.15) is 0 Å². The number of hydrogen-bond acceptors (Lipinski definition) is 0. The van der Waals surface area contributed by atoms with Crippen molar-refractivity contribution in [3.05, 3.63) is 84.9 Å². The van der Waals surface area contributed by atoms with E-state index < -0.39 is 16.1 Å². The Bertz CT molecular complexity index is 1680. The maximum atomic E-state index is 2.60. The second-order valence-corrected chi connectivity index (χ2v) is 22.0. The maximum Gasteiger partial charge on any atom is 0.0784 e. The Kier molecular flexibility index (Phi) is 4.62. The Morgan fingerprint density at radius 3 is 1.68 bits per heavy atom. The minimum atomic E-state index is -1.52. The van der Waals surface area contributed by atoms with Gasteiger partial charge in [0.2, 0.25) is 0 Å². The largest absolute Gasteiger partial charge is 0.0784 e. The summed E-state index contributed by atoms with van der Waals surface area (Å²) < 4.78 is 0. The topological polar surface area (TPSA) is 0 Å². The fraction of sp³-hybridized carbons (Fsp3) is 0.188. The van der Waals surface area contributed by atoms with Crippen molar-refractivity contribution in [2.75, 3.05) is 0 Å². The monoisotopic (exact) mass is 472 g/mol. The zero-order chi connectivity index (χ0) is 23.8. The van der Waals surface area contributed by atoms with Gasteiger partial charge < -0.3 is 0 Å². The molecule has 2 heteroatoms. The molecule has 0 aliphatic carbocycles. The molecular weight excluding hydrogens is 441 g/mol. The van der Waals surface area contributed by atoms with Crippen LogP contribution >= 0.6 is 0 Å². The van der Waals surface area contributed by atoms with Gasteiger partial charge in [-0.3, -0.25) is 0 Å². The molecule has 0 atom stereocenters. The summed E-state index contributed by atoms with van der Waals surface area (Å²) in [6.07, 6.45) is 0. The lowest BCUT2D eigenvalue weighted by atomic mass is 9.89. The van der Waals surface area contributed by atoms with E-state index in [1.807, 2.05) is 0 Å². The average molecular weight is 473 g/mol. The maximum absolute atomic E-state index is 2.60. The molecule has 0 aliphatic rings. The first-order valence-electron chi connectivity index (χ1n) is 12.4. The van der Waals surface area contributed by atoms with Crippen LogP contribution in [0.1, 0.15) is 0 Å². The van der Waals surface area contributed by atoms with Crippen LogP contribution in [0.3, 0.4) is 0 Å². The van der Waals surface area contributed by atoms with Crippen LogP contribution in [0.25, 0.3) is 54.2 Å². The third-order valence-electron chi connectivity index (χ3n) is 7.46. The van der Waals surface area contributed by atoms with Gasteiger partial charge in [-0.1, -0.05) is 129 Å². The highest BCUT2D eigenvalue weighted by Crippen LogP contribution is 2.40. The average Bonchev–Trinajstić information content (AvgIpc) is 2.80. The van der Waals surface area contributed by atoms with Gasteiger partial charge >= 0.3 is 0 Å². The molecule has 0 aliphatic heterocycles. The summed E-state index contributed by atoms with van der Waals surface area (Å²) in [6.45, 7) is 15.0. The SMILES string of the molecule is C[Si](C)(C)c1cc([Si](C)(C)C)c2ccc3c(-c4ccc5ccccc5c4)ccc4ccc1c2c43. The lowest BCUT2D eigenvalue weighted by Crippen LogP contribution is -2.45. The van der Waals surface area contributed by atoms with E-state index in [0.29, 0.717) is 0 Å². The van der Waals surface area contributed by atoms with Crippen molar-refractivity contribution in [2.24, 2.45) is 0 Å². The Hall–Kier alpha value is -2.95. The molecular formula is C32H32Si2. The highest BCUT2D eigenvalue weighted by Gasteiger charge is 2.28. The summed E-state index contributed by atoms with van der Waals surface area (Å²) in [5, 5.41) is 14.4. The lowest BCUT2D eigenvalue weighted by Gasteiger charge is -2.28. The zero-order valence-corrected chi connectivity index (χ0v) is 23.1. The Morgan fingerprint density at radius 2 is 1.00 bits per heavy atom. The summed E-state index contributed by atoms with van der Waals surface area (Å²) in [6, 6.07) is 32.4. The van der Waals surface area contributed by atoms with Crippen molar-refractivity contribution in [2.45, 2.75) is 39.3 Å². The smallest absolute Gasteiger partial charge is 0.0656 e. The van der Waals surface area contributed by atoms with Crippen LogP contribution in [0, 0.1) is 0 Å². The quantitative estimate of drug-likeness (QED) is 0.179. The van der Waals surface area contributed by atoms with Crippen molar-refractivity contribution >= 4 is 69.6 Å². The minimum Gasteiger partial charge on any atom is -0.0656 e. The molecule has 6 aromatic rings. The Balaban J connectivity index is 1.77. The van der Waals surface area contributed by atoms with E-state index in [4.69, 9.17) is 0 Å². The summed E-state index contributed by atoms with van der Waals surface area (Å²) in [7, 11) is -3.04. The van der Waals surface area contributed by atoms with E-state index in [-0.39, 0.29) is 0 Å². The molecule has 6 aromatic carbocycles. The molecule has 0 unspecified atom stereocenters. The Morgan fingerprint density at radius 1 is 0.441 bits per heavy atom. The van der Waals surface area contributed by atoms with Crippen LogP contribution in [0.2, 0.25) is 39.3 Å². The van der Waals surface area contributed by atoms with Gasteiger partial charge in [0.25, 0.3) is 0 Å². The van der Waals surface area contributed by atoms with Crippen LogP contribution in [-0.2, 0) is 0 Å². The normalized spacial score (nSPS) is 13.0. The molecule has 0 nitrogen and oxygen atoms in total. The van der Waals surface area contributed by atoms with Gasteiger partial charge in [0, 0.05) is 0 Å². The minimum absolute atomic E-state index is 1.29. The molecule has 0 heterocycles. The zero-order valence-electron chi connectivity index (χ0n) is 21.1. The van der Waals surface area contributed by atoms with Crippen LogP contribution in [0.4, 0.5) is 0 Å². The third-order valence-corrected chi connectivity index (χ3v) is 11.5. The molecule has 0 saturated heterocycles. The molecule has 0 saturated carbocycles. The van der Waals surface area contributed by atoms with Crippen LogP contribution in [-0.4, -0.2) is 16.1 Å². The van der Waals surface area contributed by atoms with Crippen LogP contribution in [0.15, 0.2) is 84.9 Å². The first-order chi connectivity index (χ1) is 16.1. The fourth-order valence-electron chi connectivity index (χ4n) is 5.75. The number of fused-ring (bicyclic) bond motifs is 1. The molecule has 0 N–H and O–H groups in total. The van der Waals surface area contributed by atoms with Crippen LogP contribution < -0.4 is 10.4 Å². The summed E-state index contributed by atoms with van der Waals surface area (Å²) in [4.78, 5) is 0. The standard InChI is InChI=1S/C32H32Si2/c1-33(2,3)29-20-30(34(4,5)6)28-18-17-26-25(15-13-22-14-16-27(29)32(28)31(22)26)24-12-11-21-9-7-8-10-23(21)19-24/h7-20H,1-6H3. The van der Waals surface area contributed by atoms with Gasteiger partial charge in [-0.15, -0.1) is 0 Å². The summed E-state index contributed by atoms with van der Waals surface area (Å²) >= 11 is 0. The summed E-state index contributed by atoms with van der Waals surface area (Å²) in [5.41, 5.74) is 2.63. The molecule has 6 rings (SSSR count). The van der Waals surface area contributed by atoms with Gasteiger partial charge in [-0.25, -0.2) is 0 Å². The highest BCUT2D eigenvalue weighted by molar-refractivity contribution is 6.94. The van der Waals surface area contributed by atoms with Crippen molar-refractivity contribution in [3.63, 3.8) is 0 Å². The Labute approximate surface area is 204 Å². The first-order valence-corrected chi connectivity index (χ1v) is 19.4. The van der Waals surface area contributed by atoms with Crippen molar-refractivity contribution in [3.8, 4) is 11.1 Å². The van der Waals surface area contributed by atoms with Gasteiger partial charge in [0.05, 0.1) is 16.1 Å². The van der Waals surface area contributed by atoms with Crippen molar-refractivity contribution in [1.29, 1.82) is 0 Å². The number of benzene rings is 6. The van der Waals surface area contributed by atoms with E-state index in [2.05, 4.69) is 124 Å². The van der Waals surface area contributed by atoms with Crippen LogP contribution in [0.5, 0.6) is 0 Å². The molecule has 168 valence electrons. The predicted molar refractivity (Wildman–Crippen MR) is 159 cm³/mol. The third kappa shape index (κ3) is 3.24.